The first-order chi connectivity index (χ1) is 14.7. The van der Waals surface area contributed by atoms with E-state index in [0.29, 0.717) is 26.3 Å². The molecule has 0 spiro atoms. The van der Waals surface area contributed by atoms with Gasteiger partial charge in [0.1, 0.15) is 6.61 Å². The molecule has 0 radical (unpaired) electrons. The van der Waals surface area contributed by atoms with Crippen molar-refractivity contribution in [2.24, 2.45) is 0 Å². The first-order valence-electron chi connectivity index (χ1n) is 10.4. The topological polar surface area (TPSA) is 67.9 Å². The van der Waals surface area contributed by atoms with Gasteiger partial charge in [0.05, 0.1) is 19.1 Å². The Bertz CT molecular complexity index is 750. The molecule has 3 rings (SSSR count). The molecule has 6 nitrogen and oxygen atoms in total. The molecule has 1 fully saturated rings. The molecular weight excluding hydrogens is 380 g/mol. The Balaban J connectivity index is 1.55. The second kappa shape index (κ2) is 11.5. The predicted molar refractivity (Wildman–Crippen MR) is 115 cm³/mol. The zero-order valence-corrected chi connectivity index (χ0v) is 17.5. The standard InChI is InChI=1S/C24H30N2O4/c1-29-16-17-30-18-22(27)26-14-12-21(13-15-26)25-24(28)23(19-8-4-2-5-9-19)20-10-6-3-7-11-20/h2-11,21,23H,12-18H2,1H3,(H,25,28). The Morgan fingerprint density at radius 1 is 0.967 bits per heavy atom. The molecule has 1 N–H and O–H groups in total. The first-order valence-corrected chi connectivity index (χ1v) is 10.4. The Morgan fingerprint density at radius 3 is 2.07 bits per heavy atom. The van der Waals surface area contributed by atoms with Crippen LogP contribution in [0.15, 0.2) is 60.7 Å². The van der Waals surface area contributed by atoms with Crippen molar-refractivity contribution in [3.05, 3.63) is 71.8 Å². The number of methoxy groups -OCH3 is 1. The maximum Gasteiger partial charge on any atom is 0.248 e. The lowest BCUT2D eigenvalue weighted by atomic mass is 9.90. The number of benzene rings is 2. The molecule has 160 valence electrons. The van der Waals surface area contributed by atoms with Crippen molar-refractivity contribution in [2.75, 3.05) is 40.0 Å². The van der Waals surface area contributed by atoms with E-state index in [9.17, 15) is 9.59 Å². The minimum Gasteiger partial charge on any atom is -0.382 e. The molecule has 0 saturated carbocycles. The van der Waals surface area contributed by atoms with Crippen LogP contribution in [0.4, 0.5) is 0 Å². The van der Waals surface area contributed by atoms with Crippen molar-refractivity contribution in [1.82, 2.24) is 10.2 Å². The second-order valence-corrected chi connectivity index (χ2v) is 7.46. The fourth-order valence-electron chi connectivity index (χ4n) is 3.74. The number of carbonyl (C=O) groups is 2. The van der Waals surface area contributed by atoms with Gasteiger partial charge in [0.2, 0.25) is 11.8 Å². The number of carbonyl (C=O) groups excluding carboxylic acids is 2. The van der Waals surface area contributed by atoms with Crippen LogP contribution in [0.5, 0.6) is 0 Å². The summed E-state index contributed by atoms with van der Waals surface area (Å²) in [6.07, 6.45) is 1.48. The van der Waals surface area contributed by atoms with Gasteiger partial charge in [0.25, 0.3) is 0 Å². The highest BCUT2D eigenvalue weighted by Crippen LogP contribution is 2.25. The molecule has 0 atom stereocenters. The van der Waals surface area contributed by atoms with E-state index >= 15 is 0 Å². The molecule has 0 aromatic heterocycles. The number of rotatable bonds is 9. The van der Waals surface area contributed by atoms with Crippen LogP contribution in [0.1, 0.15) is 29.9 Å². The summed E-state index contributed by atoms with van der Waals surface area (Å²) in [7, 11) is 1.60. The lowest BCUT2D eigenvalue weighted by molar-refractivity contribution is -0.137. The smallest absolute Gasteiger partial charge is 0.248 e. The van der Waals surface area contributed by atoms with E-state index in [0.717, 1.165) is 24.0 Å². The van der Waals surface area contributed by atoms with Crippen LogP contribution >= 0.6 is 0 Å². The van der Waals surface area contributed by atoms with Crippen LogP contribution in [-0.4, -0.2) is 62.8 Å². The average Bonchev–Trinajstić information content (AvgIpc) is 2.79. The molecular formula is C24H30N2O4. The van der Waals surface area contributed by atoms with Crippen molar-refractivity contribution in [2.45, 2.75) is 24.8 Å². The first kappa shape index (κ1) is 22.0. The van der Waals surface area contributed by atoms with Crippen LogP contribution in [0.25, 0.3) is 0 Å². The van der Waals surface area contributed by atoms with Gasteiger partial charge in [0.15, 0.2) is 0 Å². The lowest BCUT2D eigenvalue weighted by Crippen LogP contribution is -2.48. The van der Waals surface area contributed by atoms with Crippen molar-refractivity contribution in [1.29, 1.82) is 0 Å². The van der Waals surface area contributed by atoms with Gasteiger partial charge in [-0.25, -0.2) is 0 Å². The summed E-state index contributed by atoms with van der Waals surface area (Å²) in [6, 6.07) is 19.7. The highest BCUT2D eigenvalue weighted by Gasteiger charge is 2.28. The van der Waals surface area contributed by atoms with Gasteiger partial charge in [0, 0.05) is 26.2 Å². The van der Waals surface area contributed by atoms with E-state index in [1.54, 1.807) is 12.0 Å². The van der Waals surface area contributed by atoms with E-state index in [2.05, 4.69) is 5.32 Å². The van der Waals surface area contributed by atoms with Crippen molar-refractivity contribution in [3.8, 4) is 0 Å². The zero-order chi connectivity index (χ0) is 21.2. The fraction of sp³-hybridized carbons (Fsp3) is 0.417. The van der Waals surface area contributed by atoms with Gasteiger partial charge < -0.3 is 19.7 Å². The molecule has 2 aromatic rings. The van der Waals surface area contributed by atoms with Gasteiger partial charge in [-0.1, -0.05) is 60.7 Å². The van der Waals surface area contributed by atoms with E-state index in [1.165, 1.54) is 0 Å². The summed E-state index contributed by atoms with van der Waals surface area (Å²) >= 11 is 0. The lowest BCUT2D eigenvalue weighted by Gasteiger charge is -2.33. The van der Waals surface area contributed by atoms with Crippen LogP contribution in [0, 0.1) is 0 Å². The normalized spacial score (nSPS) is 14.7. The monoisotopic (exact) mass is 410 g/mol. The highest BCUT2D eigenvalue weighted by atomic mass is 16.5. The van der Waals surface area contributed by atoms with Gasteiger partial charge in [-0.05, 0) is 24.0 Å². The summed E-state index contributed by atoms with van der Waals surface area (Å²) in [5.74, 6) is -0.358. The van der Waals surface area contributed by atoms with E-state index < -0.39 is 0 Å². The van der Waals surface area contributed by atoms with Crippen LogP contribution in [0.2, 0.25) is 0 Å². The minimum atomic E-state index is -0.346. The molecule has 1 heterocycles. The summed E-state index contributed by atoms with van der Waals surface area (Å²) in [5, 5.41) is 3.21. The summed E-state index contributed by atoms with van der Waals surface area (Å²) in [6.45, 7) is 2.21. The molecule has 1 aliphatic rings. The number of nitrogens with zero attached hydrogens (tertiary/aromatic N) is 1. The number of likely N-dealkylation sites (tertiary alicyclic amines) is 1. The van der Waals surface area contributed by atoms with Gasteiger partial charge >= 0.3 is 0 Å². The Labute approximate surface area is 178 Å². The molecule has 2 amide bonds. The molecule has 1 aliphatic heterocycles. The Morgan fingerprint density at radius 2 is 1.53 bits per heavy atom. The number of nitrogens with one attached hydrogen (secondary N) is 1. The Kier molecular flexibility index (Phi) is 8.41. The van der Waals surface area contributed by atoms with Gasteiger partial charge in [-0.15, -0.1) is 0 Å². The molecule has 0 unspecified atom stereocenters. The maximum atomic E-state index is 13.2. The number of hydrogen-bond acceptors (Lipinski definition) is 4. The molecule has 6 heteroatoms. The maximum absolute atomic E-state index is 13.2. The van der Waals surface area contributed by atoms with E-state index in [4.69, 9.17) is 9.47 Å². The predicted octanol–water partition coefficient (Wildman–Crippen LogP) is 2.59. The summed E-state index contributed by atoms with van der Waals surface area (Å²) in [4.78, 5) is 27.3. The fourth-order valence-corrected chi connectivity index (χ4v) is 3.74. The number of hydrogen-bond donors (Lipinski definition) is 1. The van der Waals surface area contributed by atoms with Crippen molar-refractivity contribution >= 4 is 11.8 Å². The van der Waals surface area contributed by atoms with Crippen LogP contribution < -0.4 is 5.32 Å². The van der Waals surface area contributed by atoms with Gasteiger partial charge in [-0.3, -0.25) is 9.59 Å². The molecule has 0 bridgehead atoms. The van der Waals surface area contributed by atoms with Gasteiger partial charge in [-0.2, -0.15) is 0 Å². The third-order valence-electron chi connectivity index (χ3n) is 5.38. The minimum absolute atomic E-state index is 0.0000699. The SMILES string of the molecule is COCCOCC(=O)N1CCC(NC(=O)C(c2ccccc2)c2ccccc2)CC1. The molecule has 0 aliphatic carbocycles. The highest BCUT2D eigenvalue weighted by molar-refractivity contribution is 5.87. The number of amides is 2. The molecule has 2 aromatic carbocycles. The number of ether oxygens (including phenoxy) is 2. The third-order valence-corrected chi connectivity index (χ3v) is 5.38. The largest absolute Gasteiger partial charge is 0.382 e. The van der Waals surface area contributed by atoms with E-state index in [1.807, 2.05) is 60.7 Å². The van der Waals surface area contributed by atoms with Crippen LogP contribution in [0.3, 0.4) is 0 Å². The van der Waals surface area contributed by atoms with E-state index in [-0.39, 0.29) is 30.4 Å². The number of piperidine rings is 1. The van der Waals surface area contributed by atoms with Crippen LogP contribution in [-0.2, 0) is 19.1 Å². The van der Waals surface area contributed by atoms with Crippen molar-refractivity contribution < 1.29 is 19.1 Å². The third kappa shape index (κ3) is 6.15. The molecule has 1 saturated heterocycles. The Hall–Kier alpha value is -2.70. The summed E-state index contributed by atoms with van der Waals surface area (Å²) < 4.78 is 10.2. The average molecular weight is 411 g/mol. The summed E-state index contributed by atoms with van der Waals surface area (Å²) in [5.41, 5.74) is 1.95. The zero-order valence-electron chi connectivity index (χ0n) is 17.5. The quantitative estimate of drug-likeness (QED) is 0.646. The molecule has 30 heavy (non-hydrogen) atoms. The second-order valence-electron chi connectivity index (χ2n) is 7.46. The van der Waals surface area contributed by atoms with Crippen molar-refractivity contribution in [3.63, 3.8) is 0 Å².